The number of amides is 1. The average molecular weight is 478 g/mol. The van der Waals surface area contributed by atoms with Crippen molar-refractivity contribution in [3.05, 3.63) is 23.1 Å². The number of hydrogen-bond acceptors (Lipinski definition) is 7. The molecule has 0 radical (unpaired) electrons. The quantitative estimate of drug-likeness (QED) is 0.469. The molecule has 1 amide bonds. The van der Waals surface area contributed by atoms with Crippen molar-refractivity contribution >= 4 is 55.8 Å². The van der Waals surface area contributed by atoms with Gasteiger partial charge in [0.15, 0.2) is 17.2 Å². The molecule has 0 unspecified atom stereocenters. The molecule has 1 aliphatic heterocycles. The Balaban J connectivity index is 1.79. The van der Waals surface area contributed by atoms with Crippen LogP contribution in [0.3, 0.4) is 0 Å². The van der Waals surface area contributed by atoms with Crippen molar-refractivity contribution in [3.8, 4) is 16.2 Å². The Labute approximate surface area is 192 Å². The zero-order valence-electron chi connectivity index (χ0n) is 17.5. The van der Waals surface area contributed by atoms with E-state index in [1.54, 1.807) is 4.90 Å². The first kappa shape index (κ1) is 22.3. The van der Waals surface area contributed by atoms with Crippen molar-refractivity contribution in [1.82, 2.24) is 0 Å². The third kappa shape index (κ3) is 4.37. The van der Waals surface area contributed by atoms with Crippen molar-refractivity contribution in [1.29, 1.82) is 0 Å². The van der Waals surface area contributed by atoms with Crippen molar-refractivity contribution in [3.63, 3.8) is 0 Å². The van der Waals surface area contributed by atoms with Crippen molar-refractivity contribution < 1.29 is 34.1 Å². The van der Waals surface area contributed by atoms with E-state index in [0.717, 1.165) is 47.5 Å². The van der Waals surface area contributed by atoms with Crippen molar-refractivity contribution in [2.45, 2.75) is 32.1 Å². The summed E-state index contributed by atoms with van der Waals surface area (Å²) in [5.74, 6) is -1.90. The van der Waals surface area contributed by atoms with Crippen LogP contribution in [0.5, 0.6) is 5.75 Å². The highest BCUT2D eigenvalue weighted by Gasteiger charge is 2.28. The maximum Gasteiger partial charge on any atom is 0.414 e. The number of methoxy groups -OCH3 is 1. The van der Waals surface area contributed by atoms with E-state index in [9.17, 15) is 19.5 Å². The van der Waals surface area contributed by atoms with Gasteiger partial charge in [0, 0.05) is 16.1 Å². The van der Waals surface area contributed by atoms with E-state index in [-0.39, 0.29) is 10.6 Å². The predicted octanol–water partition coefficient (Wildman–Crippen LogP) is 5.38. The Bertz CT molecular complexity index is 1130. The lowest BCUT2D eigenvalue weighted by Gasteiger charge is -2.28. The van der Waals surface area contributed by atoms with Crippen LogP contribution in [0.25, 0.3) is 20.5 Å². The number of carboxylic acid groups (broad SMARTS) is 2. The molecule has 0 saturated heterocycles. The SMILES string of the molecule is COC(=O)N(CC1CCCCC1)c1ccc2cc3sc(C(=O)O)c(OCC(=O)O)c3c-2s1. The van der Waals surface area contributed by atoms with Crippen LogP contribution in [0.15, 0.2) is 18.2 Å². The highest BCUT2D eigenvalue weighted by Crippen LogP contribution is 2.50. The first-order valence-corrected chi connectivity index (χ1v) is 11.9. The van der Waals surface area contributed by atoms with Gasteiger partial charge in [-0.15, -0.1) is 22.7 Å². The Morgan fingerprint density at radius 3 is 2.53 bits per heavy atom. The number of aliphatic carboxylic acids is 1. The molecule has 0 bridgehead atoms. The maximum absolute atomic E-state index is 12.6. The zero-order valence-corrected chi connectivity index (χ0v) is 19.1. The number of ether oxygens (including phenoxy) is 2. The molecule has 8 nitrogen and oxygen atoms in total. The molecule has 10 heteroatoms. The number of hydrogen-bond donors (Lipinski definition) is 2. The van der Waals surface area contributed by atoms with Crippen molar-refractivity contribution in [2.75, 3.05) is 25.2 Å². The fraction of sp³-hybridized carbons (Fsp3) is 0.409. The molecule has 2 N–H and O–H groups in total. The minimum absolute atomic E-state index is 0.0391. The monoisotopic (exact) mass is 477 g/mol. The fourth-order valence-electron chi connectivity index (χ4n) is 4.18. The number of carbonyl (C=O) groups excluding carboxylic acids is 1. The highest BCUT2D eigenvalue weighted by atomic mass is 32.1. The number of nitrogens with zero attached hydrogens (tertiary/aromatic N) is 1. The lowest BCUT2D eigenvalue weighted by atomic mass is 9.89. The van der Waals surface area contributed by atoms with Crippen LogP contribution in [-0.4, -0.2) is 48.5 Å². The zero-order chi connectivity index (χ0) is 22.8. The second kappa shape index (κ2) is 9.33. The molecular formula is C22H23NO7S2. The minimum atomic E-state index is -1.19. The average Bonchev–Trinajstić information content (AvgIpc) is 3.32. The molecule has 1 aromatic rings. The molecule has 4 rings (SSSR count). The first-order valence-electron chi connectivity index (χ1n) is 10.3. The number of thiophene rings is 1. The Morgan fingerprint density at radius 1 is 1.12 bits per heavy atom. The van der Waals surface area contributed by atoms with E-state index in [1.165, 1.54) is 24.9 Å². The number of anilines is 1. The van der Waals surface area contributed by atoms with E-state index in [2.05, 4.69) is 0 Å². The Hall–Kier alpha value is -2.85. The molecule has 2 aliphatic carbocycles. The fourth-order valence-corrected chi connectivity index (χ4v) is 6.45. The Kier molecular flexibility index (Phi) is 6.52. The lowest BCUT2D eigenvalue weighted by Crippen LogP contribution is -2.35. The number of rotatable bonds is 7. The van der Waals surface area contributed by atoms with Crippen LogP contribution in [0.1, 0.15) is 41.8 Å². The topological polar surface area (TPSA) is 113 Å². The molecule has 1 saturated carbocycles. The normalized spacial score (nSPS) is 14.5. The van der Waals surface area contributed by atoms with Gasteiger partial charge in [-0.1, -0.05) is 25.3 Å². The summed E-state index contributed by atoms with van der Waals surface area (Å²) in [6.45, 7) is -0.0793. The molecule has 170 valence electrons. The largest absolute Gasteiger partial charge is 0.479 e. The summed E-state index contributed by atoms with van der Waals surface area (Å²) >= 11 is 2.40. The summed E-state index contributed by atoms with van der Waals surface area (Å²) in [4.78, 5) is 37.7. The van der Waals surface area contributed by atoms with E-state index in [0.29, 0.717) is 27.5 Å². The van der Waals surface area contributed by atoms with Crippen LogP contribution < -0.4 is 9.64 Å². The van der Waals surface area contributed by atoms with Crippen LogP contribution in [0.2, 0.25) is 0 Å². The molecule has 2 heterocycles. The smallest absolute Gasteiger partial charge is 0.414 e. The van der Waals surface area contributed by atoms with E-state index in [1.807, 2.05) is 18.2 Å². The van der Waals surface area contributed by atoms with Gasteiger partial charge in [0.2, 0.25) is 0 Å². The van der Waals surface area contributed by atoms with Gasteiger partial charge in [-0.05, 0) is 36.5 Å². The van der Waals surface area contributed by atoms with E-state index >= 15 is 0 Å². The van der Waals surface area contributed by atoms with Crippen LogP contribution in [0.4, 0.5) is 9.80 Å². The van der Waals surface area contributed by atoms with Crippen LogP contribution in [-0.2, 0) is 9.53 Å². The van der Waals surface area contributed by atoms with Gasteiger partial charge < -0.3 is 19.7 Å². The third-order valence-electron chi connectivity index (χ3n) is 5.64. The Morgan fingerprint density at radius 2 is 1.88 bits per heavy atom. The lowest BCUT2D eigenvalue weighted by molar-refractivity contribution is -0.139. The van der Waals surface area contributed by atoms with Gasteiger partial charge in [-0.2, -0.15) is 0 Å². The summed E-state index contributed by atoms with van der Waals surface area (Å²) in [5.41, 5.74) is 0.875. The van der Waals surface area contributed by atoms with Crippen molar-refractivity contribution in [2.24, 2.45) is 5.92 Å². The van der Waals surface area contributed by atoms with E-state index in [4.69, 9.17) is 14.6 Å². The van der Waals surface area contributed by atoms with Gasteiger partial charge in [0.1, 0.15) is 5.00 Å². The molecule has 0 spiro atoms. The molecule has 32 heavy (non-hydrogen) atoms. The molecule has 1 fully saturated rings. The molecular weight excluding hydrogens is 454 g/mol. The van der Waals surface area contributed by atoms with Gasteiger partial charge in [0.05, 0.1) is 12.5 Å². The molecule has 3 aliphatic rings. The standard InChI is InChI=1S/C22H23NO7S2/c1-29-22(28)23(10-12-5-3-2-4-6-12)15-8-7-13-9-14-17(19(13)32-15)18(30-11-16(24)25)20(31-14)21(26)27/h7-9,12H,2-6,10-11H2,1H3,(H,24,25)(H,26,27). The molecule has 0 atom stereocenters. The maximum atomic E-state index is 12.6. The summed E-state index contributed by atoms with van der Waals surface area (Å²) < 4.78 is 11.1. The summed E-state index contributed by atoms with van der Waals surface area (Å²) in [6.07, 6.45) is 5.23. The second-order valence-corrected chi connectivity index (χ2v) is 9.86. The van der Waals surface area contributed by atoms with Crippen LogP contribution in [0, 0.1) is 5.92 Å². The highest BCUT2D eigenvalue weighted by molar-refractivity contribution is 7.24. The summed E-state index contributed by atoms with van der Waals surface area (Å²) in [6, 6.07) is 5.61. The molecule has 0 aromatic carbocycles. The minimum Gasteiger partial charge on any atom is -0.479 e. The summed E-state index contributed by atoms with van der Waals surface area (Å²) in [5, 5.41) is 19.8. The first-order chi connectivity index (χ1) is 15.4. The van der Waals surface area contributed by atoms with Crippen LogP contribution >= 0.6 is 22.7 Å². The second-order valence-electron chi connectivity index (χ2n) is 7.77. The van der Waals surface area contributed by atoms with E-state index < -0.39 is 24.6 Å². The molecule has 1 aromatic heterocycles. The number of fused-ring (bicyclic) bond motifs is 3. The van der Waals surface area contributed by atoms with Gasteiger partial charge >= 0.3 is 18.0 Å². The predicted molar refractivity (Wildman–Crippen MR) is 123 cm³/mol. The number of aromatic carboxylic acids is 1. The third-order valence-corrected chi connectivity index (χ3v) is 7.96. The number of carboxylic acids is 2. The summed E-state index contributed by atoms with van der Waals surface area (Å²) in [7, 11) is 1.36. The van der Waals surface area contributed by atoms with Gasteiger partial charge in [0.25, 0.3) is 0 Å². The number of carbonyl (C=O) groups is 3. The van der Waals surface area contributed by atoms with Gasteiger partial charge in [-0.25, -0.2) is 14.4 Å². The van der Waals surface area contributed by atoms with Gasteiger partial charge in [-0.3, -0.25) is 4.90 Å².